The second-order valence-corrected chi connectivity index (χ2v) is 4.38. The molecule has 20 heavy (non-hydrogen) atoms. The Bertz CT molecular complexity index is 630. The van der Waals surface area contributed by atoms with Gasteiger partial charge in [0.2, 0.25) is 0 Å². The van der Waals surface area contributed by atoms with Crippen molar-refractivity contribution >= 4 is 18.0 Å². The van der Waals surface area contributed by atoms with Gasteiger partial charge in [0.1, 0.15) is 5.71 Å². The summed E-state index contributed by atoms with van der Waals surface area (Å²) < 4.78 is 0. The van der Waals surface area contributed by atoms with E-state index in [1.165, 1.54) is 0 Å². The fraction of sp³-hybridized carbons (Fsp3) is 0.143. The van der Waals surface area contributed by atoms with Gasteiger partial charge in [-0.25, -0.2) is 4.99 Å². The van der Waals surface area contributed by atoms with Crippen LogP contribution >= 0.6 is 0 Å². The number of pyridine rings is 1. The molecule has 0 spiro atoms. The molecule has 0 saturated heterocycles. The molecule has 6 heteroatoms. The fourth-order valence-corrected chi connectivity index (χ4v) is 1.91. The quantitative estimate of drug-likeness (QED) is 0.882. The Morgan fingerprint density at radius 2 is 2.20 bits per heavy atom. The Morgan fingerprint density at radius 1 is 1.35 bits per heavy atom. The Balaban J connectivity index is 1.64. The summed E-state index contributed by atoms with van der Waals surface area (Å²) in [6, 6.07) is 3.73. The first-order valence-corrected chi connectivity index (χ1v) is 6.23. The molecule has 0 bridgehead atoms. The Kier molecular flexibility index (Phi) is 3.36. The van der Waals surface area contributed by atoms with Crippen LogP contribution < -0.4 is 5.32 Å². The standard InChI is InChI=1S/C14H13N5O/c20-14(18-7-11-1-4-15-5-2-11)13-9-19-10-16-6-3-12(19)8-17-13/h1-6,8,10H,7,9H2,(H,18,20). The zero-order valence-electron chi connectivity index (χ0n) is 10.7. The highest BCUT2D eigenvalue weighted by atomic mass is 16.1. The summed E-state index contributed by atoms with van der Waals surface area (Å²) in [6.45, 7) is 0.896. The van der Waals surface area contributed by atoms with E-state index in [-0.39, 0.29) is 5.91 Å². The summed E-state index contributed by atoms with van der Waals surface area (Å²) in [6.07, 6.45) is 10.3. The predicted molar refractivity (Wildman–Crippen MR) is 75.9 cm³/mol. The van der Waals surface area contributed by atoms with E-state index in [4.69, 9.17) is 0 Å². The van der Waals surface area contributed by atoms with E-state index in [9.17, 15) is 4.79 Å². The molecule has 3 rings (SSSR count). The number of nitrogens with zero attached hydrogens (tertiary/aromatic N) is 4. The summed E-state index contributed by atoms with van der Waals surface area (Å²) >= 11 is 0. The lowest BCUT2D eigenvalue weighted by Gasteiger charge is -2.25. The van der Waals surface area contributed by atoms with Crippen molar-refractivity contribution in [3.63, 3.8) is 0 Å². The molecular weight excluding hydrogens is 254 g/mol. The number of carbonyl (C=O) groups is 1. The van der Waals surface area contributed by atoms with E-state index in [0.29, 0.717) is 18.8 Å². The van der Waals surface area contributed by atoms with Gasteiger partial charge < -0.3 is 10.2 Å². The predicted octanol–water partition coefficient (Wildman–Crippen LogP) is 0.851. The van der Waals surface area contributed by atoms with E-state index < -0.39 is 0 Å². The van der Waals surface area contributed by atoms with Crippen molar-refractivity contribution in [2.45, 2.75) is 6.54 Å². The van der Waals surface area contributed by atoms with Crippen molar-refractivity contribution in [2.75, 3.05) is 6.54 Å². The van der Waals surface area contributed by atoms with Crippen molar-refractivity contribution in [1.29, 1.82) is 0 Å². The first kappa shape index (κ1) is 12.3. The molecule has 0 atom stereocenters. The number of nitrogens with one attached hydrogen (secondary N) is 1. The lowest BCUT2D eigenvalue weighted by Crippen LogP contribution is -2.40. The van der Waals surface area contributed by atoms with Gasteiger partial charge in [0.05, 0.1) is 24.8 Å². The molecule has 100 valence electrons. The van der Waals surface area contributed by atoms with Crippen LogP contribution in [-0.4, -0.2) is 34.4 Å². The van der Waals surface area contributed by atoms with Crippen molar-refractivity contribution in [3.8, 4) is 0 Å². The maximum atomic E-state index is 12.1. The third-order valence-electron chi connectivity index (χ3n) is 3.01. The number of aromatic nitrogens is 1. The zero-order chi connectivity index (χ0) is 13.8. The van der Waals surface area contributed by atoms with Crippen LogP contribution in [0.15, 0.2) is 58.7 Å². The second-order valence-electron chi connectivity index (χ2n) is 4.38. The Hall–Kier alpha value is -2.76. The zero-order valence-corrected chi connectivity index (χ0v) is 10.7. The minimum Gasteiger partial charge on any atom is -0.347 e. The topological polar surface area (TPSA) is 70.0 Å². The summed E-state index contributed by atoms with van der Waals surface area (Å²) in [5.41, 5.74) is 2.42. The number of hydrogen-bond acceptors (Lipinski definition) is 5. The van der Waals surface area contributed by atoms with Crippen LogP contribution in [0.5, 0.6) is 0 Å². The lowest BCUT2D eigenvalue weighted by molar-refractivity contribution is -0.115. The van der Waals surface area contributed by atoms with Gasteiger partial charge in [-0.3, -0.25) is 14.8 Å². The van der Waals surface area contributed by atoms with Gasteiger partial charge in [-0.1, -0.05) is 0 Å². The summed E-state index contributed by atoms with van der Waals surface area (Å²) in [5, 5.41) is 2.85. The van der Waals surface area contributed by atoms with Crippen LogP contribution in [0.4, 0.5) is 0 Å². The third kappa shape index (κ3) is 2.64. The van der Waals surface area contributed by atoms with E-state index >= 15 is 0 Å². The van der Waals surface area contributed by atoms with E-state index in [1.54, 1.807) is 31.1 Å². The first-order chi connectivity index (χ1) is 9.83. The number of amides is 1. The van der Waals surface area contributed by atoms with Gasteiger partial charge in [-0.2, -0.15) is 0 Å². The van der Waals surface area contributed by atoms with Crippen LogP contribution in [0.1, 0.15) is 5.56 Å². The number of carbonyl (C=O) groups excluding carboxylic acids is 1. The Morgan fingerprint density at radius 3 is 3.05 bits per heavy atom. The molecule has 3 heterocycles. The SMILES string of the molecule is O=C(NCc1ccncc1)C1=NC=C2C=CN=CN2C1. The molecule has 0 aliphatic carbocycles. The smallest absolute Gasteiger partial charge is 0.267 e. The number of rotatable bonds is 3. The maximum Gasteiger partial charge on any atom is 0.267 e. The molecule has 0 aromatic carbocycles. The number of fused-ring (bicyclic) bond motifs is 1. The molecule has 1 aromatic heterocycles. The normalized spacial score (nSPS) is 16.3. The highest BCUT2D eigenvalue weighted by molar-refractivity contribution is 6.40. The van der Waals surface area contributed by atoms with Gasteiger partial charge in [-0.05, 0) is 23.8 Å². The molecule has 1 amide bonds. The third-order valence-corrected chi connectivity index (χ3v) is 3.01. The minimum absolute atomic E-state index is 0.167. The monoisotopic (exact) mass is 267 g/mol. The highest BCUT2D eigenvalue weighted by Crippen LogP contribution is 2.13. The minimum atomic E-state index is -0.167. The highest BCUT2D eigenvalue weighted by Gasteiger charge is 2.20. The fourth-order valence-electron chi connectivity index (χ4n) is 1.91. The number of hydrogen-bond donors (Lipinski definition) is 1. The van der Waals surface area contributed by atoms with Gasteiger partial charge in [0.15, 0.2) is 0 Å². The maximum absolute atomic E-state index is 12.1. The molecule has 6 nitrogen and oxygen atoms in total. The summed E-state index contributed by atoms with van der Waals surface area (Å²) in [4.78, 5) is 26.1. The van der Waals surface area contributed by atoms with Gasteiger partial charge in [0.25, 0.3) is 5.91 Å². The Labute approximate surface area is 116 Å². The van der Waals surface area contributed by atoms with Crippen LogP contribution in [0.25, 0.3) is 0 Å². The second kappa shape index (κ2) is 5.48. The van der Waals surface area contributed by atoms with Crippen LogP contribution in [-0.2, 0) is 11.3 Å². The van der Waals surface area contributed by atoms with Crippen molar-refractivity contribution in [3.05, 3.63) is 54.3 Å². The van der Waals surface area contributed by atoms with Crippen LogP contribution in [0.2, 0.25) is 0 Å². The lowest BCUT2D eigenvalue weighted by atomic mass is 10.2. The molecule has 0 unspecified atom stereocenters. The molecule has 2 aliphatic heterocycles. The van der Waals surface area contributed by atoms with Crippen LogP contribution in [0.3, 0.4) is 0 Å². The molecule has 0 radical (unpaired) electrons. The van der Waals surface area contributed by atoms with Gasteiger partial charge >= 0.3 is 0 Å². The van der Waals surface area contributed by atoms with Gasteiger partial charge in [-0.15, -0.1) is 0 Å². The van der Waals surface area contributed by atoms with Crippen molar-refractivity contribution in [1.82, 2.24) is 15.2 Å². The van der Waals surface area contributed by atoms with Crippen molar-refractivity contribution < 1.29 is 4.79 Å². The molecule has 2 aliphatic rings. The summed E-state index contributed by atoms with van der Waals surface area (Å²) in [5.74, 6) is -0.167. The molecular formula is C14H13N5O. The molecule has 0 fully saturated rings. The van der Waals surface area contributed by atoms with Crippen LogP contribution in [0, 0.1) is 0 Å². The van der Waals surface area contributed by atoms with E-state index in [1.807, 2.05) is 23.1 Å². The number of allylic oxidation sites excluding steroid dienone is 1. The van der Waals surface area contributed by atoms with Gasteiger partial charge in [0, 0.05) is 25.1 Å². The first-order valence-electron chi connectivity index (χ1n) is 6.23. The number of aliphatic imine (C=N–C) groups is 2. The average molecular weight is 267 g/mol. The average Bonchev–Trinajstić information content (AvgIpc) is 2.53. The largest absolute Gasteiger partial charge is 0.347 e. The van der Waals surface area contributed by atoms with E-state index in [2.05, 4.69) is 20.3 Å². The molecule has 1 N–H and O–H groups in total. The molecule has 0 saturated carbocycles. The summed E-state index contributed by atoms with van der Waals surface area (Å²) in [7, 11) is 0. The van der Waals surface area contributed by atoms with E-state index in [0.717, 1.165) is 11.3 Å². The molecule has 1 aromatic rings. The van der Waals surface area contributed by atoms with Crippen molar-refractivity contribution in [2.24, 2.45) is 9.98 Å².